The van der Waals surface area contributed by atoms with Crippen LogP contribution in [0.1, 0.15) is 32.0 Å². The molecule has 1 heteroatoms. The van der Waals surface area contributed by atoms with E-state index in [1.165, 1.54) is 5.56 Å². The van der Waals surface area contributed by atoms with Crippen LogP contribution in [0.4, 0.5) is 0 Å². The van der Waals surface area contributed by atoms with Gasteiger partial charge in [0.15, 0.2) is 0 Å². The van der Waals surface area contributed by atoms with Crippen LogP contribution in [0, 0.1) is 18.8 Å². The highest BCUT2D eigenvalue weighted by atomic mass is 14.7. The minimum Gasteiger partial charge on any atom is -0.261 e. The van der Waals surface area contributed by atoms with Crippen LogP contribution in [0.3, 0.4) is 0 Å². The van der Waals surface area contributed by atoms with E-state index in [0.717, 1.165) is 5.69 Å². The Morgan fingerprint density at radius 2 is 2.00 bits per heavy atom. The summed E-state index contributed by atoms with van der Waals surface area (Å²) in [6.45, 7) is 8.63. The Morgan fingerprint density at radius 1 is 1.33 bits per heavy atom. The highest BCUT2D eigenvalue weighted by Gasteiger charge is 2.13. The lowest BCUT2D eigenvalue weighted by atomic mass is 9.89. The summed E-state index contributed by atoms with van der Waals surface area (Å²) in [4.78, 5) is 4.31. The van der Waals surface area contributed by atoms with Gasteiger partial charge in [-0.2, -0.15) is 0 Å². The number of rotatable bonds is 1. The van der Waals surface area contributed by atoms with Crippen LogP contribution < -0.4 is 0 Å². The maximum absolute atomic E-state index is 4.31. The molecule has 65 valence electrons. The summed E-state index contributed by atoms with van der Waals surface area (Å²) in [6, 6.07) is 4.06. The second kappa shape index (κ2) is 3.26. The van der Waals surface area contributed by atoms with Crippen LogP contribution in [0.2, 0.25) is 0 Å². The van der Waals surface area contributed by atoms with Gasteiger partial charge in [0.1, 0.15) is 0 Å². The summed E-state index contributed by atoms with van der Waals surface area (Å²) in [7, 11) is 0. The van der Waals surface area contributed by atoms with Crippen molar-refractivity contribution in [3.63, 3.8) is 0 Å². The molecule has 1 aromatic rings. The Labute approximate surface area is 74.8 Å². The third kappa shape index (κ3) is 2.65. The van der Waals surface area contributed by atoms with Crippen molar-refractivity contribution in [2.75, 3.05) is 0 Å². The zero-order chi connectivity index (χ0) is 9.19. The van der Waals surface area contributed by atoms with E-state index in [2.05, 4.69) is 45.2 Å². The van der Waals surface area contributed by atoms with Crippen molar-refractivity contribution in [3.05, 3.63) is 36.0 Å². The molecule has 1 heterocycles. The first-order valence-corrected chi connectivity index (χ1v) is 4.26. The van der Waals surface area contributed by atoms with Crippen molar-refractivity contribution >= 4 is 0 Å². The monoisotopic (exact) mass is 162 g/mol. The first-order chi connectivity index (χ1) is 5.49. The zero-order valence-corrected chi connectivity index (χ0v) is 8.26. The van der Waals surface area contributed by atoms with E-state index in [0.29, 0.717) is 0 Å². The third-order valence-corrected chi connectivity index (χ3v) is 1.62. The lowest BCUT2D eigenvalue weighted by Crippen LogP contribution is -2.08. The molecule has 0 atom stereocenters. The van der Waals surface area contributed by atoms with E-state index in [1.54, 1.807) is 0 Å². The first-order valence-electron chi connectivity index (χ1n) is 4.26. The van der Waals surface area contributed by atoms with Gasteiger partial charge in [-0.05, 0) is 24.0 Å². The highest BCUT2D eigenvalue weighted by Crippen LogP contribution is 2.22. The van der Waals surface area contributed by atoms with Crippen LogP contribution in [-0.4, -0.2) is 4.98 Å². The second-order valence-electron chi connectivity index (χ2n) is 4.22. The molecule has 0 N–H and O–H groups in total. The van der Waals surface area contributed by atoms with Gasteiger partial charge < -0.3 is 0 Å². The van der Waals surface area contributed by atoms with E-state index in [-0.39, 0.29) is 5.41 Å². The summed E-state index contributed by atoms with van der Waals surface area (Å²) in [5.41, 5.74) is 2.55. The molecule has 0 fully saturated rings. The van der Waals surface area contributed by atoms with Crippen molar-refractivity contribution in [2.24, 2.45) is 5.41 Å². The average Bonchev–Trinajstić information content (AvgIpc) is 1.91. The molecule has 1 rings (SSSR count). The number of hydrogen-bond donors (Lipinski definition) is 0. The van der Waals surface area contributed by atoms with Crippen LogP contribution in [0.5, 0.6) is 0 Å². The van der Waals surface area contributed by atoms with Crippen molar-refractivity contribution in [2.45, 2.75) is 27.7 Å². The molecule has 0 unspecified atom stereocenters. The van der Waals surface area contributed by atoms with Crippen LogP contribution in [-0.2, 0) is 0 Å². The summed E-state index contributed by atoms with van der Waals surface area (Å²) in [5.74, 6) is 0. The van der Waals surface area contributed by atoms with Crippen LogP contribution in [0.15, 0.2) is 18.3 Å². The standard InChI is InChI=1S/C11H16N/c1-9-6-5-7-12-10(9)8-11(2,3)4/h5-8H,1-4H3. The van der Waals surface area contributed by atoms with Gasteiger partial charge in [0.25, 0.3) is 0 Å². The molecule has 12 heavy (non-hydrogen) atoms. The van der Waals surface area contributed by atoms with Gasteiger partial charge in [0, 0.05) is 18.3 Å². The Morgan fingerprint density at radius 3 is 2.50 bits per heavy atom. The fourth-order valence-corrected chi connectivity index (χ4v) is 1.06. The molecular formula is C11H16N. The van der Waals surface area contributed by atoms with E-state index < -0.39 is 0 Å². The van der Waals surface area contributed by atoms with Crippen LogP contribution in [0.25, 0.3) is 0 Å². The second-order valence-corrected chi connectivity index (χ2v) is 4.22. The topological polar surface area (TPSA) is 12.9 Å². The summed E-state index contributed by atoms with van der Waals surface area (Å²) in [6.07, 6.45) is 4.03. The maximum Gasteiger partial charge on any atom is 0.0475 e. The SMILES string of the molecule is Cc1cccnc1[CH]C(C)(C)C. The number of hydrogen-bond acceptors (Lipinski definition) is 1. The molecule has 0 aliphatic heterocycles. The lowest BCUT2D eigenvalue weighted by Gasteiger charge is -2.17. The predicted octanol–water partition coefficient (Wildman–Crippen LogP) is 2.99. The molecule has 1 radical (unpaired) electrons. The van der Waals surface area contributed by atoms with Crippen molar-refractivity contribution in [3.8, 4) is 0 Å². The molecular weight excluding hydrogens is 146 g/mol. The van der Waals surface area contributed by atoms with E-state index in [4.69, 9.17) is 0 Å². The van der Waals surface area contributed by atoms with Gasteiger partial charge in [-0.25, -0.2) is 0 Å². The molecule has 0 aliphatic rings. The lowest BCUT2D eigenvalue weighted by molar-refractivity contribution is 0.501. The Balaban J connectivity index is 2.83. The van der Waals surface area contributed by atoms with Gasteiger partial charge in [0.05, 0.1) is 0 Å². The van der Waals surface area contributed by atoms with Gasteiger partial charge in [-0.15, -0.1) is 0 Å². The summed E-state index contributed by atoms with van der Waals surface area (Å²) < 4.78 is 0. The molecule has 0 spiro atoms. The predicted molar refractivity (Wildman–Crippen MR) is 51.8 cm³/mol. The first kappa shape index (κ1) is 9.24. The normalized spacial score (nSPS) is 11.7. The minimum atomic E-state index is 0.207. The smallest absolute Gasteiger partial charge is 0.0475 e. The number of aryl methyl sites for hydroxylation is 1. The highest BCUT2D eigenvalue weighted by molar-refractivity contribution is 5.25. The van der Waals surface area contributed by atoms with Gasteiger partial charge in [-0.1, -0.05) is 26.8 Å². The van der Waals surface area contributed by atoms with Crippen molar-refractivity contribution in [1.29, 1.82) is 0 Å². The fraction of sp³-hybridized carbons (Fsp3) is 0.455. The van der Waals surface area contributed by atoms with Gasteiger partial charge >= 0.3 is 0 Å². The van der Waals surface area contributed by atoms with E-state index in [9.17, 15) is 0 Å². The number of pyridine rings is 1. The molecule has 0 saturated carbocycles. The fourth-order valence-electron chi connectivity index (χ4n) is 1.06. The molecule has 1 nitrogen and oxygen atoms in total. The van der Waals surface area contributed by atoms with Crippen molar-refractivity contribution in [1.82, 2.24) is 4.98 Å². The molecule has 1 aromatic heterocycles. The Bertz CT molecular complexity index is 258. The minimum absolute atomic E-state index is 0.207. The largest absolute Gasteiger partial charge is 0.261 e. The summed E-state index contributed by atoms with van der Waals surface area (Å²) in [5, 5.41) is 0. The van der Waals surface area contributed by atoms with E-state index in [1.807, 2.05) is 12.3 Å². The van der Waals surface area contributed by atoms with E-state index >= 15 is 0 Å². The molecule has 0 aliphatic carbocycles. The van der Waals surface area contributed by atoms with Crippen LogP contribution >= 0.6 is 0 Å². The molecule has 0 amide bonds. The Kier molecular flexibility index (Phi) is 2.51. The quantitative estimate of drug-likeness (QED) is 0.618. The maximum atomic E-state index is 4.31. The third-order valence-electron chi connectivity index (χ3n) is 1.62. The Hall–Kier alpha value is -0.850. The number of nitrogens with zero attached hydrogens (tertiary/aromatic N) is 1. The number of aromatic nitrogens is 1. The molecule has 0 saturated heterocycles. The average molecular weight is 162 g/mol. The van der Waals surface area contributed by atoms with Crippen molar-refractivity contribution < 1.29 is 0 Å². The molecule has 0 bridgehead atoms. The van der Waals surface area contributed by atoms with Gasteiger partial charge in [-0.3, -0.25) is 4.98 Å². The van der Waals surface area contributed by atoms with Gasteiger partial charge in [0.2, 0.25) is 0 Å². The summed E-state index contributed by atoms with van der Waals surface area (Å²) >= 11 is 0. The molecule has 0 aromatic carbocycles. The zero-order valence-electron chi connectivity index (χ0n) is 8.26.